The van der Waals surface area contributed by atoms with Crippen molar-refractivity contribution in [1.29, 1.82) is 0 Å². The van der Waals surface area contributed by atoms with E-state index in [9.17, 15) is 9.59 Å². The molecule has 7 nitrogen and oxygen atoms in total. The molecule has 2 fully saturated rings. The number of nitrogens with zero attached hydrogens (tertiary/aromatic N) is 1. The zero-order valence-corrected chi connectivity index (χ0v) is 15.2. The molecule has 1 saturated heterocycles. The SMILES string of the molecule is CCOc1ccccc1NC(=O)C1CC1C(=O)NCCN1CCOCC1. The second-order valence-corrected chi connectivity index (χ2v) is 6.61. The van der Waals surface area contributed by atoms with Crippen LogP contribution in [0.4, 0.5) is 5.69 Å². The van der Waals surface area contributed by atoms with Crippen LogP contribution in [0.5, 0.6) is 5.75 Å². The third-order valence-electron chi connectivity index (χ3n) is 4.74. The van der Waals surface area contributed by atoms with E-state index in [2.05, 4.69) is 15.5 Å². The molecule has 2 amide bonds. The number of benzene rings is 1. The molecule has 1 saturated carbocycles. The first kappa shape index (κ1) is 18.7. The zero-order chi connectivity index (χ0) is 18.4. The summed E-state index contributed by atoms with van der Waals surface area (Å²) in [5.74, 6) is 0.0181. The molecular weight excluding hydrogens is 334 g/mol. The van der Waals surface area contributed by atoms with E-state index in [1.54, 1.807) is 0 Å². The van der Waals surface area contributed by atoms with Gasteiger partial charge in [0.15, 0.2) is 0 Å². The Hall–Kier alpha value is -2.12. The van der Waals surface area contributed by atoms with Crippen LogP contribution in [0.2, 0.25) is 0 Å². The smallest absolute Gasteiger partial charge is 0.228 e. The number of amides is 2. The number of carbonyl (C=O) groups excluding carboxylic acids is 2. The molecule has 1 aromatic carbocycles. The topological polar surface area (TPSA) is 79.9 Å². The summed E-state index contributed by atoms with van der Waals surface area (Å²) in [5.41, 5.74) is 0.651. The predicted octanol–water partition coefficient (Wildman–Crippen LogP) is 1.11. The van der Waals surface area contributed by atoms with Crippen LogP contribution < -0.4 is 15.4 Å². The monoisotopic (exact) mass is 361 g/mol. The molecule has 0 aromatic heterocycles. The standard InChI is InChI=1S/C19H27N3O4/c1-2-26-17-6-4-3-5-16(17)21-19(24)15-13-14(15)18(23)20-7-8-22-9-11-25-12-10-22/h3-6,14-15H,2,7-13H2,1H3,(H,20,23)(H,21,24). The van der Waals surface area contributed by atoms with Gasteiger partial charge in [0.1, 0.15) is 5.75 Å². The van der Waals surface area contributed by atoms with E-state index in [4.69, 9.17) is 9.47 Å². The van der Waals surface area contributed by atoms with Crippen molar-refractivity contribution in [2.75, 3.05) is 51.3 Å². The van der Waals surface area contributed by atoms with Crippen molar-refractivity contribution in [2.45, 2.75) is 13.3 Å². The predicted molar refractivity (Wildman–Crippen MR) is 98.1 cm³/mol. The molecule has 2 N–H and O–H groups in total. The maximum Gasteiger partial charge on any atom is 0.228 e. The fraction of sp³-hybridized carbons (Fsp3) is 0.579. The minimum Gasteiger partial charge on any atom is -0.492 e. The molecule has 0 radical (unpaired) electrons. The quantitative estimate of drug-likeness (QED) is 0.725. The normalized spacial score (nSPS) is 22.5. The molecule has 0 spiro atoms. The summed E-state index contributed by atoms with van der Waals surface area (Å²) >= 11 is 0. The number of anilines is 1. The van der Waals surface area contributed by atoms with Crippen LogP contribution in [0.3, 0.4) is 0 Å². The Kier molecular flexibility index (Phi) is 6.46. The van der Waals surface area contributed by atoms with Crippen LogP contribution in [-0.4, -0.2) is 62.7 Å². The largest absolute Gasteiger partial charge is 0.492 e. The third kappa shape index (κ3) is 4.95. The number of hydrogen-bond acceptors (Lipinski definition) is 5. The van der Waals surface area contributed by atoms with Crippen molar-refractivity contribution >= 4 is 17.5 Å². The maximum absolute atomic E-state index is 12.4. The molecule has 2 atom stereocenters. The fourth-order valence-electron chi connectivity index (χ4n) is 3.14. The van der Waals surface area contributed by atoms with Gasteiger partial charge in [-0.25, -0.2) is 0 Å². The molecule has 1 heterocycles. The van der Waals surface area contributed by atoms with Crippen LogP contribution in [0, 0.1) is 11.8 Å². The summed E-state index contributed by atoms with van der Waals surface area (Å²) in [5, 5.41) is 5.83. The first-order valence-electron chi connectivity index (χ1n) is 9.29. The van der Waals surface area contributed by atoms with E-state index in [1.165, 1.54) is 0 Å². The van der Waals surface area contributed by atoms with Gasteiger partial charge in [-0.15, -0.1) is 0 Å². The van der Waals surface area contributed by atoms with Gasteiger partial charge in [0.2, 0.25) is 11.8 Å². The van der Waals surface area contributed by atoms with Crippen molar-refractivity contribution in [2.24, 2.45) is 11.8 Å². The van der Waals surface area contributed by atoms with Crippen LogP contribution in [0.1, 0.15) is 13.3 Å². The van der Waals surface area contributed by atoms with Crippen LogP contribution in [0.15, 0.2) is 24.3 Å². The third-order valence-corrected chi connectivity index (χ3v) is 4.74. The molecule has 3 rings (SSSR count). The first-order chi connectivity index (χ1) is 12.7. The van der Waals surface area contributed by atoms with Crippen molar-refractivity contribution in [1.82, 2.24) is 10.2 Å². The highest BCUT2D eigenvalue weighted by Crippen LogP contribution is 2.40. The highest BCUT2D eigenvalue weighted by Gasteiger charge is 2.48. The van der Waals surface area contributed by atoms with Crippen molar-refractivity contribution in [3.63, 3.8) is 0 Å². The highest BCUT2D eigenvalue weighted by atomic mass is 16.5. The van der Waals surface area contributed by atoms with Crippen LogP contribution in [-0.2, 0) is 14.3 Å². The molecule has 1 aliphatic carbocycles. The number of nitrogens with one attached hydrogen (secondary N) is 2. The highest BCUT2D eigenvalue weighted by molar-refractivity contribution is 6.00. The molecule has 1 aliphatic heterocycles. The summed E-state index contributed by atoms with van der Waals surface area (Å²) in [7, 11) is 0. The number of morpholine rings is 1. The van der Waals surface area contributed by atoms with E-state index in [0.717, 1.165) is 32.8 Å². The van der Waals surface area contributed by atoms with E-state index < -0.39 is 0 Å². The van der Waals surface area contributed by atoms with Crippen molar-refractivity contribution in [3.8, 4) is 5.75 Å². The summed E-state index contributed by atoms with van der Waals surface area (Å²) in [6.45, 7) is 7.18. The first-order valence-corrected chi connectivity index (χ1v) is 9.29. The van der Waals surface area contributed by atoms with E-state index in [0.29, 0.717) is 31.0 Å². The summed E-state index contributed by atoms with van der Waals surface area (Å²) in [6, 6.07) is 7.34. The fourth-order valence-corrected chi connectivity index (χ4v) is 3.14. The van der Waals surface area contributed by atoms with Gasteiger partial charge < -0.3 is 20.1 Å². The Labute approximate surface area is 154 Å². The second-order valence-electron chi connectivity index (χ2n) is 6.61. The van der Waals surface area contributed by atoms with Gasteiger partial charge in [-0.2, -0.15) is 0 Å². The molecule has 7 heteroatoms. The molecule has 2 unspecified atom stereocenters. The van der Waals surface area contributed by atoms with Gasteiger partial charge in [0.05, 0.1) is 37.3 Å². The lowest BCUT2D eigenvalue weighted by Gasteiger charge is -2.26. The average molecular weight is 361 g/mol. The number of ether oxygens (including phenoxy) is 2. The Bertz CT molecular complexity index is 631. The lowest BCUT2D eigenvalue weighted by Crippen LogP contribution is -2.41. The van der Waals surface area contributed by atoms with Gasteiger partial charge >= 0.3 is 0 Å². The van der Waals surface area contributed by atoms with Gasteiger partial charge in [-0.05, 0) is 25.5 Å². The Morgan fingerprint density at radius 1 is 1.19 bits per heavy atom. The second kappa shape index (κ2) is 9.00. The van der Waals surface area contributed by atoms with Gasteiger partial charge in [-0.1, -0.05) is 12.1 Å². The number of rotatable bonds is 8. The number of hydrogen-bond donors (Lipinski definition) is 2. The Morgan fingerprint density at radius 2 is 1.92 bits per heavy atom. The lowest BCUT2D eigenvalue weighted by atomic mass is 10.2. The minimum atomic E-state index is -0.256. The minimum absolute atomic E-state index is 0.0310. The van der Waals surface area contributed by atoms with Gasteiger partial charge in [0, 0.05) is 26.2 Å². The van der Waals surface area contributed by atoms with Crippen LogP contribution >= 0.6 is 0 Å². The molecule has 2 aliphatic rings. The summed E-state index contributed by atoms with van der Waals surface area (Å²) in [4.78, 5) is 26.9. The van der Waals surface area contributed by atoms with Crippen molar-refractivity contribution < 1.29 is 19.1 Å². The zero-order valence-electron chi connectivity index (χ0n) is 15.2. The maximum atomic E-state index is 12.4. The molecular formula is C19H27N3O4. The van der Waals surface area contributed by atoms with Gasteiger partial charge in [0.25, 0.3) is 0 Å². The average Bonchev–Trinajstić information content (AvgIpc) is 3.45. The number of para-hydroxylation sites is 2. The Balaban J connectivity index is 1.41. The molecule has 26 heavy (non-hydrogen) atoms. The van der Waals surface area contributed by atoms with E-state index in [1.807, 2.05) is 31.2 Å². The molecule has 1 aromatic rings. The van der Waals surface area contributed by atoms with Crippen LogP contribution in [0.25, 0.3) is 0 Å². The van der Waals surface area contributed by atoms with E-state index in [-0.39, 0.29) is 23.7 Å². The van der Waals surface area contributed by atoms with Gasteiger partial charge in [-0.3, -0.25) is 14.5 Å². The number of carbonyl (C=O) groups is 2. The molecule has 0 bridgehead atoms. The summed E-state index contributed by atoms with van der Waals surface area (Å²) in [6.07, 6.45) is 0.603. The Morgan fingerprint density at radius 3 is 2.69 bits per heavy atom. The molecule has 142 valence electrons. The van der Waals surface area contributed by atoms with Crippen molar-refractivity contribution in [3.05, 3.63) is 24.3 Å². The van der Waals surface area contributed by atoms with E-state index >= 15 is 0 Å². The lowest BCUT2D eigenvalue weighted by molar-refractivity contribution is -0.125. The summed E-state index contributed by atoms with van der Waals surface area (Å²) < 4.78 is 10.8.